The number of likely N-dealkylation sites (N-methyl/N-ethyl adjacent to an activating group) is 1. The molecule has 0 fully saturated rings. The molecule has 1 amide bonds. The van der Waals surface area contributed by atoms with Gasteiger partial charge in [-0.25, -0.2) is 9.97 Å². The molecule has 0 saturated carbocycles. The average molecular weight is 347 g/mol. The van der Waals surface area contributed by atoms with Gasteiger partial charge in [-0.2, -0.15) is 0 Å². The number of aryl methyl sites for hydroxylation is 1. The number of nitrogens with one attached hydrogen (secondary N) is 1. The molecule has 6 nitrogen and oxygen atoms in total. The number of benzene rings is 1. The first-order valence-electron chi connectivity index (χ1n) is 8.42. The third kappa shape index (κ3) is 4.63. The molecular weight excluding hydrogens is 326 g/mol. The van der Waals surface area contributed by atoms with Gasteiger partial charge < -0.3 is 10.2 Å². The highest BCUT2D eigenvalue weighted by molar-refractivity contribution is 6.03. The molecule has 3 aromatic rings. The Morgan fingerprint density at radius 3 is 2.35 bits per heavy atom. The summed E-state index contributed by atoms with van der Waals surface area (Å²) in [6.07, 6.45) is 7.54. The molecular formula is C20H21N5O. The summed E-state index contributed by atoms with van der Waals surface area (Å²) in [6, 6.07) is 11.6. The SMILES string of the molecule is Cc1ccc(NC(=O)c2cnc(N(C)CCc3ccncc3)nc2)cc1. The van der Waals surface area contributed by atoms with E-state index in [1.54, 1.807) is 24.8 Å². The Kier molecular flexibility index (Phi) is 5.53. The number of pyridine rings is 1. The van der Waals surface area contributed by atoms with Crippen molar-refractivity contribution in [1.82, 2.24) is 15.0 Å². The second kappa shape index (κ2) is 8.20. The summed E-state index contributed by atoms with van der Waals surface area (Å²) in [4.78, 5) is 26.9. The lowest BCUT2D eigenvalue weighted by atomic mass is 10.2. The number of anilines is 2. The Morgan fingerprint density at radius 1 is 1.04 bits per heavy atom. The molecule has 26 heavy (non-hydrogen) atoms. The van der Waals surface area contributed by atoms with Gasteiger partial charge in [-0.3, -0.25) is 9.78 Å². The molecule has 0 aliphatic heterocycles. The molecule has 132 valence electrons. The van der Waals surface area contributed by atoms with Gasteiger partial charge in [0, 0.05) is 44.1 Å². The Hall–Kier alpha value is -3.28. The van der Waals surface area contributed by atoms with Crippen molar-refractivity contribution in [1.29, 1.82) is 0 Å². The Bertz CT molecular complexity index is 848. The molecule has 1 aromatic carbocycles. The Morgan fingerprint density at radius 2 is 1.69 bits per heavy atom. The zero-order chi connectivity index (χ0) is 18.4. The number of amides is 1. The van der Waals surface area contributed by atoms with Crippen molar-refractivity contribution < 1.29 is 4.79 Å². The van der Waals surface area contributed by atoms with Crippen LogP contribution in [0.4, 0.5) is 11.6 Å². The highest BCUT2D eigenvalue weighted by Gasteiger charge is 2.10. The molecule has 0 unspecified atom stereocenters. The molecule has 0 spiro atoms. The van der Waals surface area contributed by atoms with Crippen LogP contribution in [0.2, 0.25) is 0 Å². The van der Waals surface area contributed by atoms with Gasteiger partial charge in [0.1, 0.15) is 0 Å². The molecule has 0 bridgehead atoms. The van der Waals surface area contributed by atoms with E-state index in [1.165, 1.54) is 5.56 Å². The molecule has 0 saturated heterocycles. The average Bonchev–Trinajstić information content (AvgIpc) is 2.69. The molecule has 2 heterocycles. The summed E-state index contributed by atoms with van der Waals surface area (Å²) < 4.78 is 0. The largest absolute Gasteiger partial charge is 0.344 e. The van der Waals surface area contributed by atoms with Crippen molar-refractivity contribution in [2.45, 2.75) is 13.3 Å². The maximum Gasteiger partial charge on any atom is 0.258 e. The quantitative estimate of drug-likeness (QED) is 0.742. The number of hydrogen-bond acceptors (Lipinski definition) is 5. The molecule has 0 aliphatic carbocycles. The van der Waals surface area contributed by atoms with Gasteiger partial charge >= 0.3 is 0 Å². The first kappa shape index (κ1) is 17.5. The number of nitrogens with zero attached hydrogens (tertiary/aromatic N) is 4. The summed E-state index contributed by atoms with van der Waals surface area (Å²) in [5.74, 6) is 0.366. The van der Waals surface area contributed by atoms with Crippen LogP contribution in [-0.2, 0) is 6.42 Å². The highest BCUT2D eigenvalue weighted by Crippen LogP contribution is 2.12. The summed E-state index contributed by atoms with van der Waals surface area (Å²) in [5, 5.41) is 2.84. The van der Waals surface area contributed by atoms with Crippen LogP contribution in [0.3, 0.4) is 0 Å². The van der Waals surface area contributed by atoms with Gasteiger partial charge in [-0.05, 0) is 43.2 Å². The van der Waals surface area contributed by atoms with Gasteiger partial charge in [0.15, 0.2) is 0 Å². The van der Waals surface area contributed by atoms with Crippen molar-refractivity contribution in [2.75, 3.05) is 23.8 Å². The van der Waals surface area contributed by atoms with Crippen LogP contribution >= 0.6 is 0 Å². The van der Waals surface area contributed by atoms with E-state index in [0.717, 1.165) is 24.2 Å². The molecule has 3 rings (SSSR count). The number of carbonyl (C=O) groups is 1. The van der Waals surface area contributed by atoms with Crippen molar-refractivity contribution >= 4 is 17.5 Å². The van der Waals surface area contributed by atoms with Crippen LogP contribution < -0.4 is 10.2 Å². The minimum Gasteiger partial charge on any atom is -0.344 e. The predicted molar refractivity (Wildman–Crippen MR) is 102 cm³/mol. The molecule has 0 radical (unpaired) electrons. The second-order valence-corrected chi connectivity index (χ2v) is 6.12. The van der Waals surface area contributed by atoms with Crippen LogP contribution in [0.15, 0.2) is 61.2 Å². The minimum absolute atomic E-state index is 0.222. The van der Waals surface area contributed by atoms with E-state index in [4.69, 9.17) is 0 Å². The zero-order valence-corrected chi connectivity index (χ0v) is 14.9. The fourth-order valence-corrected chi connectivity index (χ4v) is 2.42. The number of hydrogen-bond donors (Lipinski definition) is 1. The fraction of sp³-hybridized carbons (Fsp3) is 0.200. The van der Waals surface area contributed by atoms with E-state index in [0.29, 0.717) is 11.5 Å². The maximum absolute atomic E-state index is 12.3. The van der Waals surface area contributed by atoms with Crippen LogP contribution in [0.25, 0.3) is 0 Å². The van der Waals surface area contributed by atoms with Crippen molar-refractivity contribution in [3.8, 4) is 0 Å². The second-order valence-electron chi connectivity index (χ2n) is 6.12. The number of aromatic nitrogens is 3. The van der Waals surface area contributed by atoms with Crippen LogP contribution in [-0.4, -0.2) is 34.5 Å². The summed E-state index contributed by atoms with van der Waals surface area (Å²) in [6.45, 7) is 2.78. The molecule has 1 N–H and O–H groups in total. The molecule has 6 heteroatoms. The zero-order valence-electron chi connectivity index (χ0n) is 14.9. The van der Waals surface area contributed by atoms with E-state index in [9.17, 15) is 4.79 Å². The lowest BCUT2D eigenvalue weighted by Crippen LogP contribution is -2.23. The summed E-state index contributed by atoms with van der Waals surface area (Å²) in [7, 11) is 1.93. The van der Waals surface area contributed by atoms with Crippen LogP contribution in [0.5, 0.6) is 0 Å². The van der Waals surface area contributed by atoms with Gasteiger partial charge in [0.2, 0.25) is 5.95 Å². The van der Waals surface area contributed by atoms with Crippen LogP contribution in [0, 0.1) is 6.92 Å². The van der Waals surface area contributed by atoms with Crippen LogP contribution in [0.1, 0.15) is 21.5 Å². The van der Waals surface area contributed by atoms with Crippen molar-refractivity contribution in [2.24, 2.45) is 0 Å². The number of carbonyl (C=O) groups excluding carboxylic acids is 1. The van der Waals surface area contributed by atoms with Gasteiger partial charge in [0.25, 0.3) is 5.91 Å². The smallest absolute Gasteiger partial charge is 0.258 e. The number of rotatable bonds is 6. The van der Waals surface area contributed by atoms with Gasteiger partial charge in [0.05, 0.1) is 5.56 Å². The molecule has 0 atom stereocenters. The van der Waals surface area contributed by atoms with E-state index < -0.39 is 0 Å². The lowest BCUT2D eigenvalue weighted by molar-refractivity contribution is 0.102. The topological polar surface area (TPSA) is 71.0 Å². The monoisotopic (exact) mass is 347 g/mol. The molecule has 0 aliphatic rings. The fourth-order valence-electron chi connectivity index (χ4n) is 2.42. The Labute approximate surface area is 153 Å². The third-order valence-corrected chi connectivity index (χ3v) is 4.04. The molecule has 2 aromatic heterocycles. The van der Waals surface area contributed by atoms with Crippen molar-refractivity contribution in [3.63, 3.8) is 0 Å². The first-order chi connectivity index (χ1) is 12.6. The Balaban J connectivity index is 1.58. The minimum atomic E-state index is -0.222. The van der Waals surface area contributed by atoms with E-state index in [1.807, 2.05) is 55.3 Å². The normalized spacial score (nSPS) is 10.4. The lowest BCUT2D eigenvalue weighted by Gasteiger charge is -2.16. The maximum atomic E-state index is 12.3. The van der Waals surface area contributed by atoms with E-state index >= 15 is 0 Å². The van der Waals surface area contributed by atoms with Gasteiger partial charge in [-0.1, -0.05) is 17.7 Å². The van der Waals surface area contributed by atoms with E-state index in [2.05, 4.69) is 20.3 Å². The first-order valence-corrected chi connectivity index (χ1v) is 8.42. The third-order valence-electron chi connectivity index (χ3n) is 4.04. The van der Waals surface area contributed by atoms with Gasteiger partial charge in [-0.15, -0.1) is 0 Å². The van der Waals surface area contributed by atoms with E-state index in [-0.39, 0.29) is 5.91 Å². The standard InChI is InChI=1S/C20H21N5O/c1-15-3-5-18(6-4-15)24-19(26)17-13-22-20(23-14-17)25(2)12-9-16-7-10-21-11-8-16/h3-8,10-11,13-14H,9,12H2,1-2H3,(H,24,26). The van der Waals surface area contributed by atoms with Crippen molar-refractivity contribution in [3.05, 3.63) is 77.9 Å². The summed E-state index contributed by atoms with van der Waals surface area (Å²) in [5.41, 5.74) is 3.53. The highest BCUT2D eigenvalue weighted by atomic mass is 16.1. The predicted octanol–water partition coefficient (Wildman–Crippen LogP) is 3.11. The summed E-state index contributed by atoms with van der Waals surface area (Å²) >= 11 is 0.